The van der Waals surface area contributed by atoms with E-state index in [1.807, 2.05) is 18.2 Å². The van der Waals surface area contributed by atoms with Gasteiger partial charge in [0.25, 0.3) is 0 Å². The van der Waals surface area contributed by atoms with Gasteiger partial charge in [-0.05, 0) is 91.0 Å². The summed E-state index contributed by atoms with van der Waals surface area (Å²) in [5.74, 6) is 2.44. The summed E-state index contributed by atoms with van der Waals surface area (Å²) in [4.78, 5) is 29.8. The molecule has 4 aliphatic rings. The zero-order chi connectivity index (χ0) is 33.2. The minimum atomic E-state index is -1.18. The van der Waals surface area contributed by atoms with Crippen molar-refractivity contribution in [3.63, 3.8) is 0 Å². The molecule has 2 fully saturated rings. The molecule has 1 heterocycles. The summed E-state index contributed by atoms with van der Waals surface area (Å²) in [6.07, 6.45) is 5.01. The molecule has 2 bridgehead atoms. The van der Waals surface area contributed by atoms with Crippen LogP contribution in [0.4, 0.5) is 0 Å². The first kappa shape index (κ1) is 33.1. The minimum absolute atomic E-state index is 0.0387. The van der Waals surface area contributed by atoms with Crippen molar-refractivity contribution in [1.82, 2.24) is 10.2 Å². The van der Waals surface area contributed by atoms with Gasteiger partial charge in [-0.2, -0.15) is 0 Å². The topological polar surface area (TPSA) is 147 Å². The monoisotopic (exact) mass is 650 g/mol. The van der Waals surface area contributed by atoms with Gasteiger partial charge in [0.2, 0.25) is 11.8 Å². The molecule has 3 aliphatic carbocycles. The van der Waals surface area contributed by atoms with Gasteiger partial charge >= 0.3 is 0 Å². The molecule has 11 heteroatoms. The van der Waals surface area contributed by atoms with Crippen LogP contribution in [0.3, 0.4) is 0 Å². The number of hydrogen-bond acceptors (Lipinski definition) is 9. The Hall–Kier alpha value is -3.80. The third-order valence-corrected chi connectivity index (χ3v) is 10.6. The Balaban J connectivity index is 1.38. The lowest BCUT2D eigenvalue weighted by Gasteiger charge is -2.41. The lowest BCUT2D eigenvalue weighted by Crippen LogP contribution is -2.56. The number of carbonyl (C=O) groups excluding carboxylic acids is 2. The van der Waals surface area contributed by atoms with Crippen molar-refractivity contribution in [2.24, 2.45) is 17.8 Å². The average molecular weight is 651 g/mol. The largest absolute Gasteiger partial charge is 0.497 e. The number of benzene rings is 2. The molecular formula is C36H46N2O9. The number of nitrogens with one attached hydrogen (secondary N) is 1. The Kier molecular flexibility index (Phi) is 9.96. The Labute approximate surface area is 275 Å². The second-order valence-corrected chi connectivity index (χ2v) is 13.2. The molecule has 47 heavy (non-hydrogen) atoms. The minimum Gasteiger partial charge on any atom is -0.497 e. The molecule has 0 radical (unpaired) electrons. The van der Waals surface area contributed by atoms with Gasteiger partial charge in [0.05, 0.1) is 46.5 Å². The van der Waals surface area contributed by atoms with Gasteiger partial charge in [0.15, 0.2) is 11.5 Å². The molecule has 0 aromatic heterocycles. The van der Waals surface area contributed by atoms with Crippen molar-refractivity contribution < 1.29 is 43.9 Å². The summed E-state index contributed by atoms with van der Waals surface area (Å²) in [6.45, 7) is -0.196. The fourth-order valence-corrected chi connectivity index (χ4v) is 8.35. The summed E-state index contributed by atoms with van der Waals surface area (Å²) in [5, 5.41) is 34.3. The predicted molar refractivity (Wildman–Crippen MR) is 173 cm³/mol. The number of ether oxygens (including phenoxy) is 4. The highest BCUT2D eigenvalue weighted by Crippen LogP contribution is 2.52. The summed E-state index contributed by atoms with van der Waals surface area (Å²) in [5.41, 5.74) is 2.36. The quantitative estimate of drug-likeness (QED) is 0.257. The third-order valence-electron chi connectivity index (χ3n) is 10.6. The van der Waals surface area contributed by atoms with Crippen LogP contribution in [0.2, 0.25) is 0 Å². The normalized spacial score (nSPS) is 26.9. The summed E-state index contributed by atoms with van der Waals surface area (Å²) in [7, 11) is 4.69. The van der Waals surface area contributed by atoms with E-state index < -0.39 is 30.1 Å². The Morgan fingerprint density at radius 3 is 2.49 bits per heavy atom. The van der Waals surface area contributed by atoms with Crippen molar-refractivity contribution in [3.05, 3.63) is 58.7 Å². The molecule has 0 spiro atoms. The molecule has 2 aromatic carbocycles. The fourth-order valence-electron chi connectivity index (χ4n) is 8.35. The van der Waals surface area contributed by atoms with Crippen LogP contribution in [0.25, 0.3) is 0 Å². The summed E-state index contributed by atoms with van der Waals surface area (Å²) < 4.78 is 23.1. The van der Waals surface area contributed by atoms with E-state index in [1.54, 1.807) is 37.3 Å². The standard InChI is InChI=1S/C36H46N2O9/c1-44-25-6-7-29(45-2)23(16-25)8-10-38(31(41)17-24-13-20-4-5-22(24)12-20)28-18-27(36(43)37-9-11-39)32-26-14-21(19-40)15-30(46-3)34(26)47-35(32)33(28)42/h6-7,14-16,18,20,22,24,28,32-33,35,39-40,42H,4-5,8-13,17,19H2,1-3H3,(H,37,43). The highest BCUT2D eigenvalue weighted by Gasteiger charge is 2.52. The molecule has 11 nitrogen and oxygen atoms in total. The van der Waals surface area contributed by atoms with E-state index in [9.17, 15) is 24.9 Å². The lowest BCUT2D eigenvalue weighted by atomic mass is 9.77. The van der Waals surface area contributed by atoms with Gasteiger partial charge in [-0.15, -0.1) is 0 Å². The molecule has 2 amide bonds. The zero-order valence-electron chi connectivity index (χ0n) is 27.3. The van der Waals surface area contributed by atoms with Crippen molar-refractivity contribution in [1.29, 1.82) is 0 Å². The molecule has 0 saturated heterocycles. The van der Waals surface area contributed by atoms with E-state index >= 15 is 0 Å². The van der Waals surface area contributed by atoms with E-state index in [2.05, 4.69) is 5.32 Å². The van der Waals surface area contributed by atoms with Crippen molar-refractivity contribution >= 4 is 11.8 Å². The number of nitrogens with zero attached hydrogens (tertiary/aromatic N) is 1. The molecular weight excluding hydrogens is 604 g/mol. The first-order chi connectivity index (χ1) is 22.8. The molecule has 2 aromatic rings. The predicted octanol–water partition coefficient (Wildman–Crippen LogP) is 2.72. The van der Waals surface area contributed by atoms with Crippen LogP contribution in [-0.2, 0) is 22.6 Å². The number of hydrogen-bond donors (Lipinski definition) is 4. The highest BCUT2D eigenvalue weighted by molar-refractivity contribution is 5.96. The van der Waals surface area contributed by atoms with Crippen molar-refractivity contribution in [2.75, 3.05) is 41.0 Å². The summed E-state index contributed by atoms with van der Waals surface area (Å²) >= 11 is 0. The highest BCUT2D eigenvalue weighted by atomic mass is 16.5. The molecule has 6 rings (SSSR count). The maximum absolute atomic E-state index is 14.4. The second kappa shape index (κ2) is 14.1. The van der Waals surface area contributed by atoms with Crippen LogP contribution in [0, 0.1) is 17.8 Å². The summed E-state index contributed by atoms with van der Waals surface area (Å²) in [6, 6.07) is 8.09. The van der Waals surface area contributed by atoms with Gasteiger partial charge < -0.3 is 44.5 Å². The number of aliphatic hydroxyl groups is 3. The van der Waals surface area contributed by atoms with Crippen molar-refractivity contribution in [3.8, 4) is 23.0 Å². The van der Waals surface area contributed by atoms with Crippen LogP contribution < -0.4 is 24.3 Å². The van der Waals surface area contributed by atoms with Gasteiger partial charge in [0, 0.05) is 30.6 Å². The number of amides is 2. The number of rotatable bonds is 13. The van der Waals surface area contributed by atoms with Crippen molar-refractivity contribution in [2.45, 2.75) is 69.3 Å². The molecule has 7 atom stereocenters. The van der Waals surface area contributed by atoms with Gasteiger partial charge in [0.1, 0.15) is 23.7 Å². The van der Waals surface area contributed by atoms with E-state index in [-0.39, 0.29) is 32.2 Å². The van der Waals surface area contributed by atoms with E-state index in [4.69, 9.17) is 18.9 Å². The van der Waals surface area contributed by atoms with Crippen LogP contribution >= 0.6 is 0 Å². The van der Waals surface area contributed by atoms with Crippen LogP contribution in [-0.4, -0.2) is 91.3 Å². The number of methoxy groups -OCH3 is 3. The van der Waals surface area contributed by atoms with E-state index in [1.165, 1.54) is 20.0 Å². The second-order valence-electron chi connectivity index (χ2n) is 13.2. The fraction of sp³-hybridized carbons (Fsp3) is 0.556. The number of fused-ring (bicyclic) bond motifs is 5. The Bertz CT molecular complexity index is 1510. The first-order valence-electron chi connectivity index (χ1n) is 16.6. The molecule has 2 saturated carbocycles. The average Bonchev–Trinajstić information content (AvgIpc) is 3.82. The third kappa shape index (κ3) is 6.40. The van der Waals surface area contributed by atoms with Gasteiger partial charge in [-0.25, -0.2) is 0 Å². The Morgan fingerprint density at radius 1 is 1.02 bits per heavy atom. The van der Waals surface area contributed by atoms with Crippen LogP contribution in [0.5, 0.6) is 23.0 Å². The van der Waals surface area contributed by atoms with Gasteiger partial charge in [-0.1, -0.05) is 6.42 Å². The maximum Gasteiger partial charge on any atom is 0.247 e. The molecule has 1 aliphatic heterocycles. The van der Waals surface area contributed by atoms with Crippen LogP contribution in [0.1, 0.15) is 54.7 Å². The molecule has 254 valence electrons. The first-order valence-corrected chi connectivity index (χ1v) is 16.6. The number of carbonyl (C=O) groups is 2. The maximum atomic E-state index is 14.4. The van der Waals surface area contributed by atoms with Crippen LogP contribution in [0.15, 0.2) is 42.0 Å². The number of aliphatic hydroxyl groups excluding tert-OH is 3. The zero-order valence-corrected chi connectivity index (χ0v) is 27.3. The van der Waals surface area contributed by atoms with E-state index in [0.717, 1.165) is 18.4 Å². The lowest BCUT2D eigenvalue weighted by molar-refractivity contribution is -0.138. The molecule has 4 N–H and O–H groups in total. The smallest absolute Gasteiger partial charge is 0.247 e. The van der Waals surface area contributed by atoms with E-state index in [0.29, 0.717) is 70.3 Å². The Morgan fingerprint density at radius 2 is 1.83 bits per heavy atom. The van der Waals surface area contributed by atoms with Gasteiger partial charge in [-0.3, -0.25) is 9.59 Å². The SMILES string of the molecule is COc1ccc(OC)c(CCN(C(=O)CC2CC3CCC2C3)C2C=C(C(=O)NCCO)C3c4cc(CO)cc(OC)c4OC3C2O)c1. The molecule has 7 unspecified atom stereocenters.